The summed E-state index contributed by atoms with van der Waals surface area (Å²) in [5.74, 6) is -5.12. The van der Waals surface area contributed by atoms with Crippen LogP contribution in [0.1, 0.15) is 12.0 Å². The molecule has 1 aromatic heterocycles. The average molecular weight is 433 g/mol. The van der Waals surface area contributed by atoms with E-state index in [2.05, 4.69) is 20.9 Å². The van der Waals surface area contributed by atoms with Crippen LogP contribution in [0.25, 0.3) is 10.9 Å². The molecule has 3 amide bonds. The molecule has 0 bridgehead atoms. The second-order valence-electron chi connectivity index (χ2n) is 6.66. The molecule has 0 aliphatic carbocycles. The van der Waals surface area contributed by atoms with Gasteiger partial charge in [-0.25, -0.2) is 4.79 Å². The van der Waals surface area contributed by atoms with Crippen molar-refractivity contribution in [2.75, 3.05) is 13.1 Å². The van der Waals surface area contributed by atoms with Crippen LogP contribution in [-0.4, -0.2) is 70.0 Å². The van der Waals surface area contributed by atoms with Crippen molar-refractivity contribution in [3.05, 3.63) is 36.0 Å². The van der Waals surface area contributed by atoms with Crippen molar-refractivity contribution in [1.29, 1.82) is 0 Å². The molecule has 0 aliphatic heterocycles. The summed E-state index contributed by atoms with van der Waals surface area (Å²) in [6.45, 7) is -0.864. The molecular weight excluding hydrogens is 410 g/mol. The zero-order chi connectivity index (χ0) is 23.0. The smallest absolute Gasteiger partial charge is 0.326 e. The van der Waals surface area contributed by atoms with Crippen molar-refractivity contribution < 1.29 is 34.2 Å². The number of carboxylic acids is 2. The Morgan fingerprint density at radius 1 is 1.00 bits per heavy atom. The molecule has 1 aromatic carbocycles. The normalized spacial score (nSPS) is 12.5. The molecular formula is C19H23N5O7. The molecule has 0 saturated heterocycles. The topological polar surface area (TPSA) is 204 Å². The fourth-order valence-electron chi connectivity index (χ4n) is 2.87. The second-order valence-corrected chi connectivity index (χ2v) is 6.66. The van der Waals surface area contributed by atoms with Crippen LogP contribution in [0.15, 0.2) is 30.5 Å². The van der Waals surface area contributed by atoms with Gasteiger partial charge in [0.15, 0.2) is 0 Å². The third-order valence-electron chi connectivity index (χ3n) is 4.38. The maximum absolute atomic E-state index is 12.5. The van der Waals surface area contributed by atoms with Gasteiger partial charge < -0.3 is 36.9 Å². The van der Waals surface area contributed by atoms with Gasteiger partial charge in [0.25, 0.3) is 0 Å². The van der Waals surface area contributed by atoms with Gasteiger partial charge in [-0.2, -0.15) is 0 Å². The highest BCUT2D eigenvalue weighted by Crippen LogP contribution is 2.19. The lowest BCUT2D eigenvalue weighted by atomic mass is 10.0. The summed E-state index contributed by atoms with van der Waals surface area (Å²) in [5.41, 5.74) is 6.54. The minimum atomic E-state index is -1.54. The lowest BCUT2D eigenvalue weighted by Crippen LogP contribution is -2.54. The number of nitrogens with two attached hydrogens (primary N) is 1. The van der Waals surface area contributed by atoms with Gasteiger partial charge in [0.1, 0.15) is 12.1 Å². The molecule has 0 saturated carbocycles. The van der Waals surface area contributed by atoms with Gasteiger partial charge >= 0.3 is 11.9 Å². The highest BCUT2D eigenvalue weighted by atomic mass is 16.4. The molecule has 12 heteroatoms. The first-order valence-electron chi connectivity index (χ1n) is 9.27. The first-order valence-corrected chi connectivity index (χ1v) is 9.27. The molecule has 0 radical (unpaired) electrons. The van der Waals surface area contributed by atoms with Gasteiger partial charge in [0, 0.05) is 23.5 Å². The minimum Gasteiger partial charge on any atom is -0.481 e. The van der Waals surface area contributed by atoms with E-state index in [1.54, 1.807) is 18.3 Å². The molecule has 8 N–H and O–H groups in total. The van der Waals surface area contributed by atoms with Crippen LogP contribution >= 0.6 is 0 Å². The van der Waals surface area contributed by atoms with Crippen LogP contribution in [0.3, 0.4) is 0 Å². The average Bonchev–Trinajstić information content (AvgIpc) is 3.13. The van der Waals surface area contributed by atoms with Crippen molar-refractivity contribution in [3.8, 4) is 0 Å². The summed E-state index contributed by atoms with van der Waals surface area (Å²) in [4.78, 5) is 61.4. The van der Waals surface area contributed by atoms with Crippen molar-refractivity contribution in [2.45, 2.75) is 24.9 Å². The number of nitrogens with one attached hydrogen (secondary N) is 4. The number of aromatic amines is 1. The molecule has 2 aromatic rings. The van der Waals surface area contributed by atoms with Gasteiger partial charge in [0.05, 0.1) is 19.5 Å². The lowest BCUT2D eigenvalue weighted by molar-refractivity contribution is -0.143. The number of rotatable bonds is 11. The summed E-state index contributed by atoms with van der Waals surface area (Å²) in [6.07, 6.45) is 0.788. The third-order valence-corrected chi connectivity index (χ3v) is 4.38. The number of aliphatic carboxylic acids is 2. The van der Waals surface area contributed by atoms with Crippen LogP contribution in [0.2, 0.25) is 0 Å². The zero-order valence-electron chi connectivity index (χ0n) is 16.4. The Bertz CT molecular complexity index is 987. The van der Waals surface area contributed by atoms with E-state index >= 15 is 0 Å². The number of amides is 3. The van der Waals surface area contributed by atoms with E-state index in [1.807, 2.05) is 12.1 Å². The lowest BCUT2D eigenvalue weighted by Gasteiger charge is -2.20. The zero-order valence-corrected chi connectivity index (χ0v) is 16.4. The first kappa shape index (κ1) is 23.3. The Morgan fingerprint density at radius 2 is 1.71 bits per heavy atom. The summed E-state index contributed by atoms with van der Waals surface area (Å²) in [7, 11) is 0. The van der Waals surface area contributed by atoms with Gasteiger partial charge in [-0.1, -0.05) is 18.2 Å². The summed E-state index contributed by atoms with van der Waals surface area (Å²) in [6, 6.07) is 4.31. The monoisotopic (exact) mass is 433 g/mol. The Hall–Kier alpha value is -3.93. The predicted molar refractivity (Wildman–Crippen MR) is 108 cm³/mol. The van der Waals surface area contributed by atoms with Gasteiger partial charge in [-0.05, 0) is 11.6 Å². The molecule has 2 unspecified atom stereocenters. The van der Waals surface area contributed by atoms with E-state index in [-0.39, 0.29) is 13.0 Å². The van der Waals surface area contributed by atoms with Gasteiger partial charge in [-0.15, -0.1) is 0 Å². The van der Waals surface area contributed by atoms with Crippen LogP contribution in [0.5, 0.6) is 0 Å². The maximum Gasteiger partial charge on any atom is 0.326 e. The maximum atomic E-state index is 12.5. The number of fused-ring (bicyclic) bond motifs is 1. The molecule has 0 aliphatic rings. The Morgan fingerprint density at radius 3 is 2.35 bits per heavy atom. The predicted octanol–water partition coefficient (Wildman–Crippen LogP) is -1.69. The van der Waals surface area contributed by atoms with Crippen molar-refractivity contribution >= 4 is 40.6 Å². The molecule has 12 nitrogen and oxygen atoms in total. The highest BCUT2D eigenvalue weighted by molar-refractivity contribution is 5.94. The Balaban J connectivity index is 2.09. The largest absolute Gasteiger partial charge is 0.481 e. The number of hydrogen-bond donors (Lipinski definition) is 7. The van der Waals surface area contributed by atoms with Crippen molar-refractivity contribution in [1.82, 2.24) is 20.9 Å². The van der Waals surface area contributed by atoms with E-state index in [0.29, 0.717) is 5.56 Å². The quantitative estimate of drug-likeness (QED) is 0.217. The number of benzene rings is 1. The first-order chi connectivity index (χ1) is 14.7. The molecule has 31 heavy (non-hydrogen) atoms. The van der Waals surface area contributed by atoms with E-state index < -0.39 is 54.7 Å². The summed E-state index contributed by atoms with van der Waals surface area (Å²) < 4.78 is 0. The number of hydrogen-bond acceptors (Lipinski definition) is 6. The standard InChI is InChI=1S/C19H23N5O7/c20-7-15(25)22-9-16(26)23-13(6-17(27)28)18(29)24-14(19(30)31)5-10-8-21-12-4-2-1-3-11(10)12/h1-4,8,13-14,21H,5-7,9,20H2,(H,22,25)(H,23,26)(H,24,29)(H,27,28)(H,30,31). The number of para-hydroxylation sites is 1. The van der Waals surface area contributed by atoms with Crippen LogP contribution in [-0.2, 0) is 30.4 Å². The van der Waals surface area contributed by atoms with Crippen LogP contribution < -0.4 is 21.7 Å². The molecule has 2 atom stereocenters. The van der Waals surface area contributed by atoms with Crippen LogP contribution in [0.4, 0.5) is 0 Å². The SMILES string of the molecule is NCC(=O)NCC(=O)NC(CC(=O)O)C(=O)NC(Cc1c[nH]c2ccccc12)C(=O)O. The Labute approximate surface area is 176 Å². The Kier molecular flexibility index (Phi) is 8.09. The van der Waals surface area contributed by atoms with Gasteiger partial charge in [0.2, 0.25) is 17.7 Å². The summed E-state index contributed by atoms with van der Waals surface area (Å²) >= 11 is 0. The number of carbonyl (C=O) groups excluding carboxylic acids is 3. The molecule has 0 fully saturated rings. The molecule has 1 heterocycles. The van der Waals surface area contributed by atoms with E-state index in [4.69, 9.17) is 10.8 Å². The van der Waals surface area contributed by atoms with E-state index in [9.17, 15) is 29.1 Å². The highest BCUT2D eigenvalue weighted by Gasteiger charge is 2.29. The fraction of sp³-hybridized carbons (Fsp3) is 0.316. The van der Waals surface area contributed by atoms with Crippen molar-refractivity contribution in [2.24, 2.45) is 5.73 Å². The summed E-state index contributed by atoms with van der Waals surface area (Å²) in [5, 5.41) is 26.0. The number of carbonyl (C=O) groups is 5. The number of H-pyrrole nitrogens is 1. The molecule has 166 valence electrons. The fourth-order valence-corrected chi connectivity index (χ4v) is 2.87. The number of aromatic nitrogens is 1. The number of carboxylic acid groups (broad SMARTS) is 2. The van der Waals surface area contributed by atoms with Gasteiger partial charge in [-0.3, -0.25) is 19.2 Å². The van der Waals surface area contributed by atoms with Crippen molar-refractivity contribution in [3.63, 3.8) is 0 Å². The van der Waals surface area contributed by atoms with Crippen LogP contribution in [0, 0.1) is 0 Å². The second kappa shape index (κ2) is 10.7. The third kappa shape index (κ3) is 6.82. The van der Waals surface area contributed by atoms with E-state index in [0.717, 1.165) is 10.9 Å². The molecule has 2 rings (SSSR count). The van der Waals surface area contributed by atoms with E-state index in [1.165, 1.54) is 0 Å². The minimum absolute atomic E-state index is 0.0641. The molecule has 0 spiro atoms.